The van der Waals surface area contributed by atoms with Crippen molar-refractivity contribution < 1.29 is 13.9 Å². The van der Waals surface area contributed by atoms with Gasteiger partial charge >= 0.3 is 0 Å². The fourth-order valence-corrected chi connectivity index (χ4v) is 2.17. The Labute approximate surface area is 128 Å². The lowest BCUT2D eigenvalue weighted by Crippen LogP contribution is -2.03. The Morgan fingerprint density at radius 3 is 2.68 bits per heavy atom. The maximum absolute atomic E-state index is 10.7. The van der Waals surface area contributed by atoms with Crippen LogP contribution in [0.25, 0.3) is 11.3 Å². The minimum Gasteiger partial charge on any atom is -0.492 e. The summed E-state index contributed by atoms with van der Waals surface area (Å²) >= 11 is 0. The molecule has 110 valence electrons. The second-order valence-corrected chi connectivity index (χ2v) is 4.74. The van der Waals surface area contributed by atoms with Gasteiger partial charge in [0.15, 0.2) is 12.0 Å². The Balaban J connectivity index is 1.72. The topological polar surface area (TPSA) is 52.3 Å². The lowest BCUT2D eigenvalue weighted by Gasteiger charge is -2.09. The smallest absolute Gasteiger partial charge is 0.185 e. The van der Waals surface area contributed by atoms with Crippen molar-refractivity contribution in [2.24, 2.45) is 0 Å². The van der Waals surface area contributed by atoms with E-state index in [1.165, 1.54) is 0 Å². The first kappa shape index (κ1) is 14.1. The van der Waals surface area contributed by atoms with Gasteiger partial charge in [-0.2, -0.15) is 0 Å². The molecule has 3 rings (SSSR count). The van der Waals surface area contributed by atoms with Gasteiger partial charge in [-0.3, -0.25) is 9.78 Å². The van der Waals surface area contributed by atoms with Gasteiger partial charge in [0.1, 0.15) is 11.5 Å². The molecule has 1 aromatic carbocycles. The molecule has 0 aliphatic rings. The highest BCUT2D eigenvalue weighted by atomic mass is 16.5. The summed E-state index contributed by atoms with van der Waals surface area (Å²) < 4.78 is 11.3. The molecule has 0 N–H and O–H groups in total. The Kier molecular flexibility index (Phi) is 4.30. The quantitative estimate of drug-likeness (QED) is 0.649. The van der Waals surface area contributed by atoms with E-state index < -0.39 is 0 Å². The van der Waals surface area contributed by atoms with Crippen LogP contribution < -0.4 is 4.74 Å². The van der Waals surface area contributed by atoms with Crippen LogP contribution in [0.1, 0.15) is 16.2 Å². The Morgan fingerprint density at radius 2 is 1.91 bits per heavy atom. The SMILES string of the molecule is O=Cc1ccc(-c2ccccc2OCCc2ccccn2)o1. The van der Waals surface area contributed by atoms with Crippen LogP contribution in [0.15, 0.2) is 65.2 Å². The number of para-hydroxylation sites is 1. The van der Waals surface area contributed by atoms with Crippen molar-refractivity contribution in [1.82, 2.24) is 4.98 Å². The van der Waals surface area contributed by atoms with Crippen LogP contribution in [-0.4, -0.2) is 17.9 Å². The predicted octanol–water partition coefficient (Wildman–Crippen LogP) is 3.78. The summed E-state index contributed by atoms with van der Waals surface area (Å²) in [6, 6.07) is 16.8. The molecule has 2 aromatic heterocycles. The second-order valence-electron chi connectivity index (χ2n) is 4.74. The van der Waals surface area contributed by atoms with Gasteiger partial charge in [-0.1, -0.05) is 18.2 Å². The lowest BCUT2D eigenvalue weighted by atomic mass is 10.1. The number of carbonyl (C=O) groups is 1. The molecule has 4 heteroatoms. The number of benzene rings is 1. The molecule has 0 saturated carbocycles. The Hall–Kier alpha value is -2.88. The van der Waals surface area contributed by atoms with Crippen LogP contribution in [0.3, 0.4) is 0 Å². The van der Waals surface area contributed by atoms with Crippen LogP contribution in [0, 0.1) is 0 Å². The summed E-state index contributed by atoms with van der Waals surface area (Å²) in [5.74, 6) is 1.65. The summed E-state index contributed by atoms with van der Waals surface area (Å²) in [5.41, 5.74) is 1.82. The minimum atomic E-state index is 0.304. The molecule has 4 nitrogen and oxygen atoms in total. The van der Waals surface area contributed by atoms with E-state index in [-0.39, 0.29) is 0 Å². The van der Waals surface area contributed by atoms with E-state index in [2.05, 4.69) is 4.98 Å². The number of pyridine rings is 1. The van der Waals surface area contributed by atoms with Gasteiger partial charge in [-0.15, -0.1) is 0 Å². The molecule has 0 bridgehead atoms. The lowest BCUT2D eigenvalue weighted by molar-refractivity contribution is 0.110. The molecular formula is C18H15NO3. The van der Waals surface area contributed by atoms with Crippen molar-refractivity contribution in [3.63, 3.8) is 0 Å². The number of furan rings is 1. The van der Waals surface area contributed by atoms with Crippen molar-refractivity contribution in [3.8, 4) is 17.1 Å². The van der Waals surface area contributed by atoms with Crippen LogP contribution in [0.4, 0.5) is 0 Å². The number of aldehydes is 1. The van der Waals surface area contributed by atoms with Crippen LogP contribution in [-0.2, 0) is 6.42 Å². The molecule has 0 atom stereocenters. The van der Waals surface area contributed by atoms with E-state index in [0.29, 0.717) is 24.4 Å². The number of rotatable bonds is 6. The van der Waals surface area contributed by atoms with Crippen molar-refractivity contribution in [3.05, 3.63) is 72.2 Å². The van der Waals surface area contributed by atoms with Gasteiger partial charge in [0.05, 0.1) is 12.2 Å². The van der Waals surface area contributed by atoms with Gasteiger partial charge in [-0.05, 0) is 36.4 Å². The van der Waals surface area contributed by atoms with Crippen molar-refractivity contribution >= 4 is 6.29 Å². The summed E-state index contributed by atoms with van der Waals surface area (Å²) in [6.45, 7) is 0.523. The van der Waals surface area contributed by atoms with Crippen LogP contribution in [0.5, 0.6) is 5.75 Å². The first-order valence-electron chi connectivity index (χ1n) is 7.04. The standard InChI is InChI=1S/C18H15NO3/c20-13-15-8-9-18(22-15)16-6-1-2-7-17(16)21-12-10-14-5-3-4-11-19-14/h1-9,11,13H,10,12H2. The highest BCUT2D eigenvalue weighted by molar-refractivity contribution is 5.74. The molecule has 0 amide bonds. The molecule has 0 fully saturated rings. The van der Waals surface area contributed by atoms with E-state index in [0.717, 1.165) is 23.4 Å². The molecule has 0 aliphatic carbocycles. The summed E-state index contributed by atoms with van der Waals surface area (Å²) in [5, 5.41) is 0. The van der Waals surface area contributed by atoms with Gasteiger partial charge in [0, 0.05) is 18.3 Å². The number of hydrogen-bond donors (Lipinski definition) is 0. The van der Waals surface area contributed by atoms with Crippen LogP contribution in [0.2, 0.25) is 0 Å². The molecular weight excluding hydrogens is 278 g/mol. The average Bonchev–Trinajstić information content (AvgIpc) is 3.05. The van der Waals surface area contributed by atoms with E-state index in [4.69, 9.17) is 9.15 Å². The summed E-state index contributed by atoms with van der Waals surface area (Å²) in [7, 11) is 0. The zero-order valence-electron chi connectivity index (χ0n) is 11.9. The van der Waals surface area contributed by atoms with Crippen molar-refractivity contribution in [2.75, 3.05) is 6.61 Å². The maximum Gasteiger partial charge on any atom is 0.185 e. The molecule has 0 unspecified atom stereocenters. The zero-order chi connectivity index (χ0) is 15.2. The fourth-order valence-electron chi connectivity index (χ4n) is 2.17. The normalized spacial score (nSPS) is 10.4. The van der Waals surface area contributed by atoms with Gasteiger partial charge in [0.25, 0.3) is 0 Å². The van der Waals surface area contributed by atoms with Gasteiger partial charge < -0.3 is 9.15 Å². The van der Waals surface area contributed by atoms with E-state index >= 15 is 0 Å². The van der Waals surface area contributed by atoms with Crippen LogP contribution >= 0.6 is 0 Å². The van der Waals surface area contributed by atoms with Gasteiger partial charge in [0.2, 0.25) is 0 Å². The highest BCUT2D eigenvalue weighted by Crippen LogP contribution is 2.31. The Bertz CT molecular complexity index is 750. The third-order valence-electron chi connectivity index (χ3n) is 3.24. The van der Waals surface area contributed by atoms with Crippen molar-refractivity contribution in [1.29, 1.82) is 0 Å². The molecule has 2 heterocycles. The molecule has 0 saturated heterocycles. The van der Waals surface area contributed by atoms with E-state index in [1.54, 1.807) is 18.3 Å². The minimum absolute atomic E-state index is 0.304. The third-order valence-corrected chi connectivity index (χ3v) is 3.24. The largest absolute Gasteiger partial charge is 0.492 e. The second kappa shape index (κ2) is 6.72. The summed E-state index contributed by atoms with van der Waals surface area (Å²) in [4.78, 5) is 15.0. The zero-order valence-corrected chi connectivity index (χ0v) is 11.9. The third kappa shape index (κ3) is 3.23. The first-order chi connectivity index (χ1) is 10.9. The predicted molar refractivity (Wildman–Crippen MR) is 83.0 cm³/mol. The number of hydrogen-bond acceptors (Lipinski definition) is 4. The Morgan fingerprint density at radius 1 is 1.05 bits per heavy atom. The molecule has 0 radical (unpaired) electrons. The highest BCUT2D eigenvalue weighted by Gasteiger charge is 2.10. The number of carbonyl (C=O) groups excluding carboxylic acids is 1. The average molecular weight is 293 g/mol. The van der Waals surface area contributed by atoms with E-state index in [1.807, 2.05) is 42.5 Å². The first-order valence-corrected chi connectivity index (χ1v) is 7.04. The fraction of sp³-hybridized carbons (Fsp3) is 0.111. The number of aromatic nitrogens is 1. The molecule has 3 aromatic rings. The van der Waals surface area contributed by atoms with Gasteiger partial charge in [-0.25, -0.2) is 0 Å². The molecule has 0 aliphatic heterocycles. The van der Waals surface area contributed by atoms with E-state index in [9.17, 15) is 4.79 Å². The monoisotopic (exact) mass is 293 g/mol. The molecule has 0 spiro atoms. The number of nitrogens with zero attached hydrogens (tertiary/aromatic N) is 1. The number of ether oxygens (including phenoxy) is 1. The molecule has 22 heavy (non-hydrogen) atoms. The summed E-state index contributed by atoms with van der Waals surface area (Å²) in [6.07, 6.45) is 3.19. The maximum atomic E-state index is 10.7. The van der Waals surface area contributed by atoms with Crippen molar-refractivity contribution in [2.45, 2.75) is 6.42 Å².